The van der Waals surface area contributed by atoms with Crippen LogP contribution in [0.3, 0.4) is 0 Å². The van der Waals surface area contributed by atoms with Crippen LogP contribution in [-0.4, -0.2) is 9.97 Å². The van der Waals surface area contributed by atoms with Crippen molar-refractivity contribution in [3.63, 3.8) is 0 Å². The van der Waals surface area contributed by atoms with Crippen LogP contribution in [0.2, 0.25) is 0 Å². The lowest BCUT2D eigenvalue weighted by Gasteiger charge is -2.02. The van der Waals surface area contributed by atoms with Crippen molar-refractivity contribution in [2.24, 2.45) is 7.05 Å². The normalized spacial score (nSPS) is 11.0. The van der Waals surface area contributed by atoms with Gasteiger partial charge < -0.3 is 0 Å². The molecule has 3 heteroatoms. The van der Waals surface area contributed by atoms with Gasteiger partial charge in [-0.25, -0.2) is 4.57 Å². The van der Waals surface area contributed by atoms with Gasteiger partial charge in [0.2, 0.25) is 0 Å². The van der Waals surface area contributed by atoms with Gasteiger partial charge in [0.25, 0.3) is 0 Å². The molecule has 0 saturated carbocycles. The molecule has 3 aromatic rings. The smallest absolute Gasteiger partial charge is 0.169 e. The average Bonchev–Trinajstić information content (AvgIpc) is 2.55. The maximum Gasteiger partial charge on any atom is 0.169 e. The highest BCUT2D eigenvalue weighted by atomic mass is 14.9. The minimum atomic E-state index is 0.894. The van der Waals surface area contributed by atoms with Gasteiger partial charge in [-0.05, 0) is 47.9 Å². The van der Waals surface area contributed by atoms with Crippen LogP contribution < -0.4 is 4.57 Å². The molecule has 0 aliphatic heterocycles. The number of pyridine rings is 3. The third kappa shape index (κ3) is 3.44. The van der Waals surface area contributed by atoms with Crippen LogP contribution in [0.1, 0.15) is 16.7 Å². The summed E-state index contributed by atoms with van der Waals surface area (Å²) in [6.45, 7) is 2.06. The Morgan fingerprint density at radius 3 is 2.18 bits per heavy atom. The SMILES string of the molecule is Cc1ccnc(-c2cc(/C=C/c3cc[n+](C)cc3)ccn2)c1. The fourth-order valence-electron chi connectivity index (χ4n) is 2.18. The Kier molecular flexibility index (Phi) is 4.05. The lowest BCUT2D eigenvalue weighted by molar-refractivity contribution is -0.671. The summed E-state index contributed by atoms with van der Waals surface area (Å²) in [6, 6.07) is 12.3. The summed E-state index contributed by atoms with van der Waals surface area (Å²) < 4.78 is 2.02. The third-order valence-electron chi connectivity index (χ3n) is 3.43. The molecule has 0 bridgehead atoms. The summed E-state index contributed by atoms with van der Waals surface area (Å²) in [4.78, 5) is 8.81. The molecule has 0 atom stereocenters. The summed E-state index contributed by atoms with van der Waals surface area (Å²) >= 11 is 0. The molecule has 3 aromatic heterocycles. The van der Waals surface area contributed by atoms with Crippen molar-refractivity contribution in [1.29, 1.82) is 0 Å². The highest BCUT2D eigenvalue weighted by Crippen LogP contribution is 2.17. The molecule has 3 heterocycles. The van der Waals surface area contributed by atoms with Crippen LogP contribution in [0.4, 0.5) is 0 Å². The standard InChI is InChI=1S/C19H18N3/c1-15-5-9-20-18(13-15)19-14-17(6-10-21-19)4-3-16-7-11-22(2)12-8-16/h3-14H,1-2H3/q+1/b4-3+. The number of aryl methyl sites for hydroxylation is 2. The first-order valence-corrected chi connectivity index (χ1v) is 7.23. The van der Waals surface area contributed by atoms with Crippen molar-refractivity contribution >= 4 is 12.2 Å². The molecule has 0 radical (unpaired) electrons. The summed E-state index contributed by atoms with van der Waals surface area (Å²) in [6.07, 6.45) is 11.9. The fourth-order valence-corrected chi connectivity index (χ4v) is 2.18. The van der Waals surface area contributed by atoms with Crippen LogP contribution >= 0.6 is 0 Å². The topological polar surface area (TPSA) is 29.7 Å². The second-order valence-electron chi connectivity index (χ2n) is 5.32. The molecule has 0 saturated heterocycles. The zero-order valence-electron chi connectivity index (χ0n) is 12.8. The van der Waals surface area contributed by atoms with E-state index in [0.29, 0.717) is 0 Å². The molecule has 0 fully saturated rings. The van der Waals surface area contributed by atoms with E-state index in [4.69, 9.17) is 0 Å². The Morgan fingerprint density at radius 1 is 0.818 bits per heavy atom. The minimum absolute atomic E-state index is 0.894. The Balaban J connectivity index is 1.86. The first-order chi connectivity index (χ1) is 10.7. The fraction of sp³-hybridized carbons (Fsp3) is 0.105. The van der Waals surface area contributed by atoms with Crippen molar-refractivity contribution in [3.8, 4) is 11.4 Å². The van der Waals surface area contributed by atoms with Gasteiger partial charge >= 0.3 is 0 Å². The largest absolute Gasteiger partial charge is 0.255 e. The third-order valence-corrected chi connectivity index (χ3v) is 3.43. The molecule has 0 N–H and O–H groups in total. The predicted octanol–water partition coefficient (Wildman–Crippen LogP) is 3.45. The molecule has 0 aliphatic rings. The molecule has 0 aliphatic carbocycles. The maximum absolute atomic E-state index is 4.42. The van der Waals surface area contributed by atoms with E-state index in [1.54, 1.807) is 0 Å². The van der Waals surface area contributed by atoms with E-state index in [-0.39, 0.29) is 0 Å². The van der Waals surface area contributed by atoms with Crippen LogP contribution in [0.5, 0.6) is 0 Å². The highest BCUT2D eigenvalue weighted by molar-refractivity contribution is 5.71. The Labute approximate surface area is 130 Å². The van der Waals surface area contributed by atoms with E-state index in [0.717, 1.165) is 17.0 Å². The minimum Gasteiger partial charge on any atom is -0.255 e. The van der Waals surface area contributed by atoms with Crippen molar-refractivity contribution in [2.75, 3.05) is 0 Å². The first-order valence-electron chi connectivity index (χ1n) is 7.23. The monoisotopic (exact) mass is 288 g/mol. The van der Waals surface area contributed by atoms with Crippen LogP contribution in [0.15, 0.2) is 61.2 Å². The zero-order chi connectivity index (χ0) is 15.4. The van der Waals surface area contributed by atoms with Crippen LogP contribution in [0, 0.1) is 6.92 Å². The Morgan fingerprint density at radius 2 is 1.45 bits per heavy atom. The Hall–Kier alpha value is -2.81. The summed E-state index contributed by atoms with van der Waals surface area (Å²) in [5.74, 6) is 0. The van der Waals surface area contributed by atoms with Gasteiger partial charge in [0.05, 0.1) is 11.4 Å². The first kappa shape index (κ1) is 14.1. The maximum atomic E-state index is 4.42. The second-order valence-corrected chi connectivity index (χ2v) is 5.32. The van der Waals surface area contributed by atoms with E-state index in [1.807, 2.05) is 54.6 Å². The lowest BCUT2D eigenvalue weighted by atomic mass is 10.1. The molecule has 0 amide bonds. The summed E-state index contributed by atoms with van der Waals surface area (Å²) in [7, 11) is 2.01. The average molecular weight is 288 g/mol. The van der Waals surface area contributed by atoms with Gasteiger partial charge in [0, 0.05) is 24.5 Å². The van der Waals surface area contributed by atoms with Crippen LogP contribution in [-0.2, 0) is 7.05 Å². The quantitative estimate of drug-likeness (QED) is 0.691. The number of hydrogen-bond acceptors (Lipinski definition) is 2. The molecule has 0 spiro atoms. The molecule has 0 unspecified atom stereocenters. The molecule has 22 heavy (non-hydrogen) atoms. The van der Waals surface area contributed by atoms with E-state index >= 15 is 0 Å². The van der Waals surface area contributed by atoms with Crippen molar-refractivity contribution in [1.82, 2.24) is 9.97 Å². The van der Waals surface area contributed by atoms with Gasteiger partial charge in [-0.15, -0.1) is 0 Å². The molecular formula is C19H18N3+. The predicted molar refractivity (Wildman–Crippen MR) is 88.8 cm³/mol. The lowest BCUT2D eigenvalue weighted by Crippen LogP contribution is -2.25. The van der Waals surface area contributed by atoms with Crippen molar-refractivity contribution < 1.29 is 4.57 Å². The molecule has 0 aromatic carbocycles. The van der Waals surface area contributed by atoms with Gasteiger partial charge in [-0.2, -0.15) is 0 Å². The number of aromatic nitrogens is 3. The molecule has 3 nitrogen and oxygen atoms in total. The van der Waals surface area contributed by atoms with Crippen molar-refractivity contribution in [2.45, 2.75) is 6.92 Å². The Bertz CT molecular complexity index is 805. The molecular weight excluding hydrogens is 270 g/mol. The van der Waals surface area contributed by atoms with E-state index in [9.17, 15) is 0 Å². The van der Waals surface area contributed by atoms with Gasteiger partial charge in [0.1, 0.15) is 7.05 Å². The number of nitrogens with zero attached hydrogens (tertiary/aromatic N) is 3. The number of rotatable bonds is 3. The highest BCUT2D eigenvalue weighted by Gasteiger charge is 2.01. The molecule has 3 rings (SSSR count). The van der Waals surface area contributed by atoms with Gasteiger partial charge in [0.15, 0.2) is 12.4 Å². The summed E-state index contributed by atoms with van der Waals surface area (Å²) in [5.41, 5.74) is 5.27. The van der Waals surface area contributed by atoms with E-state index in [1.165, 1.54) is 11.1 Å². The van der Waals surface area contributed by atoms with Crippen LogP contribution in [0.25, 0.3) is 23.5 Å². The zero-order valence-corrected chi connectivity index (χ0v) is 12.8. The molecule has 108 valence electrons. The van der Waals surface area contributed by atoms with Crippen molar-refractivity contribution in [3.05, 3.63) is 77.9 Å². The van der Waals surface area contributed by atoms with E-state index < -0.39 is 0 Å². The van der Waals surface area contributed by atoms with E-state index in [2.05, 4.69) is 47.2 Å². The van der Waals surface area contributed by atoms with Gasteiger partial charge in [-0.1, -0.05) is 12.2 Å². The number of hydrogen-bond donors (Lipinski definition) is 0. The second kappa shape index (κ2) is 6.31. The van der Waals surface area contributed by atoms with Gasteiger partial charge in [-0.3, -0.25) is 9.97 Å². The summed E-state index contributed by atoms with van der Waals surface area (Å²) in [5, 5.41) is 0.